The van der Waals surface area contributed by atoms with Crippen LogP contribution in [0.4, 0.5) is 10.1 Å². The van der Waals surface area contributed by atoms with E-state index in [0.717, 1.165) is 28.1 Å². The smallest absolute Gasteiger partial charge is 0.123 e. The number of hydrogen-bond acceptors (Lipinski definition) is 3. The minimum Gasteiger partial charge on any atom is -0.497 e. The molecule has 0 aliphatic rings. The van der Waals surface area contributed by atoms with Gasteiger partial charge in [-0.3, -0.25) is 5.32 Å². The Labute approximate surface area is 153 Å². The molecule has 0 radical (unpaired) electrons. The van der Waals surface area contributed by atoms with Crippen molar-refractivity contribution < 1.29 is 9.13 Å². The lowest BCUT2D eigenvalue weighted by Gasteiger charge is -2.25. The minimum absolute atomic E-state index is 0.0316. The standard InChI is InChI=1S/C22H23FN2O/c1-15(16-6-10-19(23)11-7-16)25-22(18-4-3-5-20(24)14-18)17-8-12-21(26-2)13-9-17/h3-15,22,25H,24H2,1-2H3/t15-,22?/m1/s1. The molecule has 26 heavy (non-hydrogen) atoms. The molecule has 3 aromatic rings. The Morgan fingerprint density at radius 2 is 1.54 bits per heavy atom. The van der Waals surface area contributed by atoms with Gasteiger partial charge in [-0.1, -0.05) is 36.4 Å². The Kier molecular flexibility index (Phi) is 5.54. The van der Waals surface area contributed by atoms with Gasteiger partial charge >= 0.3 is 0 Å². The Bertz CT molecular complexity index is 847. The number of nitrogens with two attached hydrogens (primary N) is 1. The SMILES string of the molecule is COc1ccc(C(N[C@H](C)c2ccc(F)cc2)c2cccc(N)c2)cc1. The Balaban J connectivity index is 1.92. The molecule has 2 atom stereocenters. The summed E-state index contributed by atoms with van der Waals surface area (Å²) < 4.78 is 18.5. The molecule has 0 fully saturated rings. The van der Waals surface area contributed by atoms with E-state index in [0.29, 0.717) is 0 Å². The van der Waals surface area contributed by atoms with E-state index >= 15 is 0 Å². The summed E-state index contributed by atoms with van der Waals surface area (Å²) in [6, 6.07) is 22.4. The first-order valence-electron chi connectivity index (χ1n) is 8.57. The molecule has 0 bridgehead atoms. The van der Waals surface area contributed by atoms with E-state index in [1.54, 1.807) is 19.2 Å². The van der Waals surface area contributed by atoms with Gasteiger partial charge in [-0.15, -0.1) is 0 Å². The number of methoxy groups -OCH3 is 1. The number of ether oxygens (including phenoxy) is 1. The maximum Gasteiger partial charge on any atom is 0.123 e. The van der Waals surface area contributed by atoms with Crippen molar-refractivity contribution in [1.29, 1.82) is 0 Å². The largest absolute Gasteiger partial charge is 0.497 e. The third-order valence-electron chi connectivity index (χ3n) is 4.48. The van der Waals surface area contributed by atoms with Crippen molar-refractivity contribution in [2.75, 3.05) is 12.8 Å². The zero-order valence-corrected chi connectivity index (χ0v) is 14.9. The summed E-state index contributed by atoms with van der Waals surface area (Å²) >= 11 is 0. The van der Waals surface area contributed by atoms with E-state index in [9.17, 15) is 4.39 Å². The Morgan fingerprint density at radius 1 is 0.885 bits per heavy atom. The van der Waals surface area contributed by atoms with Crippen LogP contribution in [0.15, 0.2) is 72.8 Å². The second kappa shape index (κ2) is 8.02. The van der Waals surface area contributed by atoms with Crippen molar-refractivity contribution in [3.05, 3.63) is 95.3 Å². The van der Waals surface area contributed by atoms with Gasteiger partial charge in [0.15, 0.2) is 0 Å². The molecule has 0 aliphatic heterocycles. The highest BCUT2D eigenvalue weighted by molar-refractivity contribution is 5.45. The van der Waals surface area contributed by atoms with Crippen molar-refractivity contribution >= 4 is 5.69 Å². The number of nitrogens with one attached hydrogen (secondary N) is 1. The van der Waals surface area contributed by atoms with Gasteiger partial charge in [0, 0.05) is 11.7 Å². The average molecular weight is 350 g/mol. The molecule has 0 spiro atoms. The van der Waals surface area contributed by atoms with E-state index in [1.165, 1.54) is 12.1 Å². The first-order valence-corrected chi connectivity index (χ1v) is 8.57. The van der Waals surface area contributed by atoms with E-state index in [4.69, 9.17) is 10.5 Å². The molecular formula is C22H23FN2O. The maximum absolute atomic E-state index is 13.2. The lowest BCUT2D eigenvalue weighted by molar-refractivity contribution is 0.414. The fraction of sp³-hybridized carbons (Fsp3) is 0.182. The van der Waals surface area contributed by atoms with Crippen molar-refractivity contribution in [1.82, 2.24) is 5.32 Å². The molecule has 0 saturated carbocycles. The molecule has 134 valence electrons. The van der Waals surface area contributed by atoms with Crippen LogP contribution in [-0.2, 0) is 0 Å². The molecule has 0 aliphatic carbocycles. The molecule has 0 saturated heterocycles. The van der Waals surface area contributed by atoms with E-state index in [1.807, 2.05) is 42.5 Å². The summed E-state index contributed by atoms with van der Waals surface area (Å²) in [6.45, 7) is 2.07. The normalized spacial score (nSPS) is 13.2. The van der Waals surface area contributed by atoms with Crippen LogP contribution in [0.2, 0.25) is 0 Å². The predicted octanol–water partition coefficient (Wildman–Crippen LogP) is 4.86. The van der Waals surface area contributed by atoms with Gasteiger partial charge in [-0.2, -0.15) is 0 Å². The molecule has 0 aromatic heterocycles. The zero-order chi connectivity index (χ0) is 18.5. The van der Waals surface area contributed by atoms with Crippen LogP contribution in [0.1, 0.15) is 35.7 Å². The molecule has 3 rings (SSSR count). The van der Waals surface area contributed by atoms with Gasteiger partial charge in [0.2, 0.25) is 0 Å². The van der Waals surface area contributed by atoms with Crippen LogP contribution in [0.25, 0.3) is 0 Å². The summed E-state index contributed by atoms with van der Waals surface area (Å²) in [5.74, 6) is 0.579. The number of anilines is 1. The van der Waals surface area contributed by atoms with Gasteiger partial charge in [-0.25, -0.2) is 4.39 Å². The second-order valence-corrected chi connectivity index (χ2v) is 6.32. The molecule has 3 nitrogen and oxygen atoms in total. The van der Waals surface area contributed by atoms with Crippen LogP contribution in [0, 0.1) is 5.82 Å². The Morgan fingerprint density at radius 3 is 2.15 bits per heavy atom. The van der Waals surface area contributed by atoms with Gasteiger partial charge in [-0.05, 0) is 60.0 Å². The van der Waals surface area contributed by atoms with Gasteiger partial charge in [0.25, 0.3) is 0 Å². The number of halogens is 1. The van der Waals surface area contributed by atoms with Gasteiger partial charge in [0.05, 0.1) is 13.2 Å². The third-order valence-corrected chi connectivity index (χ3v) is 4.48. The zero-order valence-electron chi connectivity index (χ0n) is 14.9. The molecule has 3 aromatic carbocycles. The monoisotopic (exact) mass is 350 g/mol. The van der Waals surface area contributed by atoms with Gasteiger partial charge < -0.3 is 10.5 Å². The number of benzene rings is 3. The van der Waals surface area contributed by atoms with Crippen molar-refractivity contribution in [2.45, 2.75) is 19.0 Å². The van der Waals surface area contributed by atoms with E-state index < -0.39 is 0 Å². The van der Waals surface area contributed by atoms with Crippen molar-refractivity contribution in [3.8, 4) is 5.75 Å². The van der Waals surface area contributed by atoms with E-state index in [2.05, 4.69) is 18.3 Å². The number of nitrogen functional groups attached to an aromatic ring is 1. The molecule has 0 heterocycles. The summed E-state index contributed by atoms with van der Waals surface area (Å²) in [6.07, 6.45) is 0. The average Bonchev–Trinajstić information content (AvgIpc) is 2.66. The fourth-order valence-electron chi connectivity index (χ4n) is 3.02. The second-order valence-electron chi connectivity index (χ2n) is 6.32. The molecule has 0 amide bonds. The quantitative estimate of drug-likeness (QED) is 0.624. The highest BCUT2D eigenvalue weighted by atomic mass is 19.1. The van der Waals surface area contributed by atoms with Crippen LogP contribution >= 0.6 is 0 Å². The molecule has 3 N–H and O–H groups in total. The first kappa shape index (κ1) is 18.0. The third kappa shape index (κ3) is 4.21. The molecular weight excluding hydrogens is 327 g/mol. The van der Waals surface area contributed by atoms with Crippen LogP contribution < -0.4 is 15.8 Å². The first-order chi connectivity index (χ1) is 12.6. The molecule has 1 unspecified atom stereocenters. The lowest BCUT2D eigenvalue weighted by Crippen LogP contribution is -2.25. The molecule has 4 heteroatoms. The topological polar surface area (TPSA) is 47.3 Å². The minimum atomic E-state index is -0.233. The number of rotatable bonds is 6. The maximum atomic E-state index is 13.2. The highest BCUT2D eigenvalue weighted by Crippen LogP contribution is 2.28. The van der Waals surface area contributed by atoms with Crippen LogP contribution in [0.5, 0.6) is 5.75 Å². The van der Waals surface area contributed by atoms with E-state index in [-0.39, 0.29) is 17.9 Å². The fourth-order valence-corrected chi connectivity index (χ4v) is 3.02. The predicted molar refractivity (Wildman–Crippen MR) is 104 cm³/mol. The van der Waals surface area contributed by atoms with Crippen molar-refractivity contribution in [3.63, 3.8) is 0 Å². The van der Waals surface area contributed by atoms with Crippen LogP contribution in [-0.4, -0.2) is 7.11 Å². The summed E-state index contributed by atoms with van der Waals surface area (Å²) in [5, 5.41) is 3.63. The number of hydrogen-bond donors (Lipinski definition) is 2. The Hall–Kier alpha value is -2.85. The summed E-state index contributed by atoms with van der Waals surface area (Å²) in [5.41, 5.74) is 9.91. The van der Waals surface area contributed by atoms with Gasteiger partial charge in [0.1, 0.15) is 11.6 Å². The van der Waals surface area contributed by atoms with Crippen molar-refractivity contribution in [2.24, 2.45) is 0 Å². The summed E-state index contributed by atoms with van der Waals surface area (Å²) in [4.78, 5) is 0. The van der Waals surface area contributed by atoms with Crippen LogP contribution in [0.3, 0.4) is 0 Å². The lowest BCUT2D eigenvalue weighted by atomic mass is 9.96. The highest BCUT2D eigenvalue weighted by Gasteiger charge is 2.18. The summed E-state index contributed by atoms with van der Waals surface area (Å²) in [7, 11) is 1.65.